The second kappa shape index (κ2) is 8.28. The number of fused-ring (bicyclic) bond motifs is 6. The minimum absolute atomic E-state index is 0.0553. The monoisotopic (exact) mass is 430 g/mol. The highest BCUT2D eigenvalue weighted by atomic mass is 32.2. The fourth-order valence-corrected chi connectivity index (χ4v) is 7.47. The number of aromatic amines is 1. The van der Waals surface area contributed by atoms with Crippen LogP contribution in [-0.4, -0.2) is 28.8 Å². The van der Waals surface area contributed by atoms with Gasteiger partial charge in [-0.1, -0.05) is 11.3 Å². The summed E-state index contributed by atoms with van der Waals surface area (Å²) in [7, 11) is 0. The molecule has 2 aliphatic carbocycles. The third-order valence-corrected chi connectivity index (χ3v) is 8.79. The first-order valence-electron chi connectivity index (χ1n) is 9.68. The number of hydrogen-bond donors (Lipinski definition) is 1. The Morgan fingerprint density at radius 2 is 1.83 bits per heavy atom. The number of Topliss-reactive ketones (excluding diaryl/α,β-unsaturated/α-hetero) is 1. The second-order valence-electron chi connectivity index (χ2n) is 7.77. The zero-order chi connectivity index (χ0) is 20.5. The van der Waals surface area contributed by atoms with E-state index in [1.807, 2.05) is 11.8 Å². The molecular weight excluding hydrogens is 408 g/mol. The maximum atomic E-state index is 11.3. The van der Waals surface area contributed by atoms with Gasteiger partial charge in [-0.15, -0.1) is 11.8 Å². The van der Waals surface area contributed by atoms with Crippen molar-refractivity contribution in [3.8, 4) is 0 Å². The van der Waals surface area contributed by atoms with Gasteiger partial charge in [0.1, 0.15) is 0 Å². The van der Waals surface area contributed by atoms with E-state index >= 15 is 0 Å². The van der Waals surface area contributed by atoms with Crippen LogP contribution in [0.4, 0.5) is 5.69 Å². The highest BCUT2D eigenvalue weighted by Gasteiger charge is 2.50. The maximum Gasteiger partial charge on any atom is 0.305 e. The Kier molecular flexibility index (Phi) is 5.74. The molecule has 0 spiro atoms. The van der Waals surface area contributed by atoms with Crippen molar-refractivity contribution >= 4 is 47.4 Å². The van der Waals surface area contributed by atoms with Crippen LogP contribution in [0.1, 0.15) is 41.4 Å². The third kappa shape index (κ3) is 3.96. The molecule has 152 valence electrons. The lowest BCUT2D eigenvalue weighted by Gasteiger charge is -2.33. The minimum Gasteiger partial charge on any atom is -0.307 e. The molecule has 2 heterocycles. The standard InChI is InChI=1S/C11H13NOS2.C10H9NO3/c13-11-12-10-8(14-11)4-7-5-1-2-6(3-5)9(7)15-10;1-8(14)9-2-4-10(5-3-9)11(6-12)7-13/h5-7,9H,1-4H2,(H,12,13);2-7H,1H3/t5-,6+,7+,9-;/m1./s1. The molecular formula is C21H22N2O4S2. The molecule has 6 nitrogen and oxygen atoms in total. The summed E-state index contributed by atoms with van der Waals surface area (Å²) in [6.07, 6.45) is 6.34. The van der Waals surface area contributed by atoms with Crippen LogP contribution >= 0.6 is 23.1 Å². The van der Waals surface area contributed by atoms with Gasteiger partial charge in [-0.2, -0.15) is 0 Å². The number of anilines is 1. The van der Waals surface area contributed by atoms with Crippen molar-refractivity contribution in [2.75, 3.05) is 4.90 Å². The zero-order valence-corrected chi connectivity index (χ0v) is 17.6. The van der Waals surface area contributed by atoms with Crippen molar-refractivity contribution in [1.82, 2.24) is 4.98 Å². The molecule has 1 N–H and O–H groups in total. The highest BCUT2D eigenvalue weighted by Crippen LogP contribution is 2.58. The Morgan fingerprint density at radius 1 is 1.14 bits per heavy atom. The van der Waals surface area contributed by atoms with Gasteiger partial charge in [0.2, 0.25) is 12.8 Å². The van der Waals surface area contributed by atoms with Crippen molar-refractivity contribution in [1.29, 1.82) is 0 Å². The number of H-pyrrole nitrogens is 1. The van der Waals surface area contributed by atoms with Gasteiger partial charge in [0.15, 0.2) is 5.78 Å². The van der Waals surface area contributed by atoms with Crippen LogP contribution in [0.15, 0.2) is 34.1 Å². The predicted octanol–water partition coefficient (Wildman–Crippen LogP) is 3.51. The van der Waals surface area contributed by atoms with Crippen molar-refractivity contribution in [2.45, 2.75) is 42.9 Å². The maximum absolute atomic E-state index is 11.3. The largest absolute Gasteiger partial charge is 0.307 e. The molecule has 2 amide bonds. The summed E-state index contributed by atoms with van der Waals surface area (Å²) < 4.78 is 0. The molecule has 5 rings (SSSR count). The van der Waals surface area contributed by atoms with Gasteiger partial charge in [-0.25, -0.2) is 0 Å². The summed E-state index contributed by atoms with van der Waals surface area (Å²) in [5, 5.41) is 2.01. The number of rotatable bonds is 4. The van der Waals surface area contributed by atoms with Crippen molar-refractivity contribution in [2.24, 2.45) is 17.8 Å². The molecule has 0 radical (unpaired) electrons. The third-order valence-electron chi connectivity index (χ3n) is 6.16. The van der Waals surface area contributed by atoms with Crippen LogP contribution in [0.2, 0.25) is 0 Å². The number of carbonyl (C=O) groups excluding carboxylic acids is 3. The Bertz CT molecular complexity index is 935. The number of thiazole rings is 1. The molecule has 0 unspecified atom stereocenters. The van der Waals surface area contributed by atoms with E-state index in [1.165, 1.54) is 53.8 Å². The van der Waals surface area contributed by atoms with Crippen LogP contribution in [0.25, 0.3) is 0 Å². The number of amides is 2. The van der Waals surface area contributed by atoms with Gasteiger partial charge in [-0.3, -0.25) is 24.1 Å². The highest BCUT2D eigenvalue weighted by molar-refractivity contribution is 8.00. The lowest BCUT2D eigenvalue weighted by Crippen LogP contribution is -2.29. The lowest BCUT2D eigenvalue weighted by molar-refractivity contribution is -0.113. The summed E-state index contributed by atoms with van der Waals surface area (Å²) >= 11 is 3.40. The lowest BCUT2D eigenvalue weighted by atomic mass is 9.85. The molecule has 29 heavy (non-hydrogen) atoms. The smallest absolute Gasteiger partial charge is 0.305 e. The Hall–Kier alpha value is -2.19. The van der Waals surface area contributed by atoms with Crippen molar-refractivity contribution in [3.05, 3.63) is 44.4 Å². The average Bonchev–Trinajstić information content (AvgIpc) is 3.42. The Balaban J connectivity index is 0.000000142. The van der Waals surface area contributed by atoms with Crippen molar-refractivity contribution < 1.29 is 14.4 Å². The van der Waals surface area contributed by atoms with Crippen LogP contribution in [-0.2, 0) is 16.0 Å². The first-order chi connectivity index (χ1) is 14.0. The molecule has 1 aromatic heterocycles. The Labute approximate surface area is 176 Å². The van der Waals surface area contributed by atoms with E-state index < -0.39 is 0 Å². The number of nitrogens with one attached hydrogen (secondary N) is 1. The van der Waals surface area contributed by atoms with Gasteiger partial charge in [0.25, 0.3) is 0 Å². The molecule has 2 fully saturated rings. The molecule has 2 saturated carbocycles. The summed E-state index contributed by atoms with van der Waals surface area (Å²) in [6, 6.07) is 6.22. The summed E-state index contributed by atoms with van der Waals surface area (Å²) in [4.78, 5) is 48.3. The molecule has 8 heteroatoms. The number of hydrogen-bond acceptors (Lipinski definition) is 6. The normalized spacial score (nSPS) is 26.0. The quantitative estimate of drug-likeness (QED) is 0.592. The van der Waals surface area contributed by atoms with E-state index in [-0.39, 0.29) is 10.7 Å². The van der Waals surface area contributed by atoms with Gasteiger partial charge < -0.3 is 4.98 Å². The fraction of sp³-hybridized carbons (Fsp3) is 0.429. The average molecular weight is 431 g/mol. The first-order valence-corrected chi connectivity index (χ1v) is 11.4. The molecule has 2 bridgehead atoms. The summed E-state index contributed by atoms with van der Waals surface area (Å²) in [5.41, 5.74) is 0.991. The number of imide groups is 1. The Morgan fingerprint density at radius 3 is 2.48 bits per heavy atom. The number of aromatic nitrogens is 1. The van der Waals surface area contributed by atoms with Gasteiger partial charge in [0, 0.05) is 15.7 Å². The molecule has 1 aliphatic heterocycles. The van der Waals surface area contributed by atoms with Crippen molar-refractivity contribution in [3.63, 3.8) is 0 Å². The second-order valence-corrected chi connectivity index (χ2v) is 10.0. The van der Waals surface area contributed by atoms with Gasteiger partial charge >= 0.3 is 4.87 Å². The van der Waals surface area contributed by atoms with E-state index in [9.17, 15) is 19.2 Å². The predicted molar refractivity (Wildman–Crippen MR) is 114 cm³/mol. The van der Waals surface area contributed by atoms with Crippen LogP contribution in [0, 0.1) is 17.8 Å². The van der Waals surface area contributed by atoms with Crippen LogP contribution in [0.5, 0.6) is 0 Å². The fourth-order valence-electron chi connectivity index (χ4n) is 4.76. The van der Waals surface area contributed by atoms with E-state index in [2.05, 4.69) is 4.98 Å². The number of carbonyl (C=O) groups is 3. The summed E-state index contributed by atoms with van der Waals surface area (Å²) in [6.45, 7) is 1.45. The van der Waals surface area contributed by atoms with Gasteiger partial charge in [0.05, 0.1) is 10.7 Å². The molecule has 2 aromatic rings. The van der Waals surface area contributed by atoms with Crippen LogP contribution < -0.4 is 9.77 Å². The number of thioether (sulfide) groups is 1. The molecule has 3 aliphatic rings. The number of nitrogens with zero attached hydrogens (tertiary/aromatic N) is 1. The zero-order valence-electron chi connectivity index (χ0n) is 16.0. The molecule has 0 saturated heterocycles. The van der Waals surface area contributed by atoms with E-state index in [0.29, 0.717) is 24.1 Å². The molecule has 4 atom stereocenters. The number of ketones is 1. The topological polar surface area (TPSA) is 87.3 Å². The van der Waals surface area contributed by atoms with E-state index in [4.69, 9.17) is 0 Å². The first kappa shape index (κ1) is 20.1. The van der Waals surface area contributed by atoms with E-state index in [1.54, 1.807) is 24.3 Å². The van der Waals surface area contributed by atoms with Crippen LogP contribution in [0.3, 0.4) is 0 Å². The molecule has 1 aromatic carbocycles. The number of benzene rings is 1. The SMILES string of the molecule is CC(=O)c1ccc(N(C=O)C=O)cc1.O=c1[nH]c2c(s1)C[C@H]1[C@@H]3CC[C@@H](C3)[C@H]1S2. The summed E-state index contributed by atoms with van der Waals surface area (Å²) in [5.74, 6) is 2.74. The van der Waals surface area contributed by atoms with Gasteiger partial charge in [-0.05, 0) is 74.6 Å². The van der Waals surface area contributed by atoms with E-state index in [0.717, 1.165) is 27.9 Å². The minimum atomic E-state index is -0.0553.